The van der Waals surface area contributed by atoms with E-state index >= 15 is 0 Å². The molecule has 0 bridgehead atoms. The van der Waals surface area contributed by atoms with Gasteiger partial charge in [-0.25, -0.2) is 4.68 Å². The minimum absolute atomic E-state index is 0.0558. The van der Waals surface area contributed by atoms with Gasteiger partial charge >= 0.3 is 5.97 Å². The van der Waals surface area contributed by atoms with Gasteiger partial charge in [0.05, 0.1) is 11.9 Å². The second-order valence-corrected chi connectivity index (χ2v) is 6.23. The third kappa shape index (κ3) is 3.62. The standard InChI is InChI=1S/C15H21N3O3/c19-14-7-13(8-16-18(14)10-11-3-4-11)17-5-1-2-12(9-17)6-15(20)21/h7-8,11-12H,1-6,9-10H2,(H,20,21). The van der Waals surface area contributed by atoms with Gasteiger partial charge in [-0.05, 0) is 37.5 Å². The van der Waals surface area contributed by atoms with Crippen LogP contribution in [0.15, 0.2) is 17.1 Å². The molecule has 1 N–H and O–H groups in total. The minimum Gasteiger partial charge on any atom is -0.481 e. The average Bonchev–Trinajstić information content (AvgIpc) is 3.25. The molecule has 2 aliphatic rings. The second kappa shape index (κ2) is 5.87. The first-order valence-corrected chi connectivity index (χ1v) is 7.66. The van der Waals surface area contributed by atoms with Gasteiger partial charge in [0.2, 0.25) is 0 Å². The lowest BCUT2D eigenvalue weighted by molar-refractivity contribution is -0.138. The molecule has 1 saturated heterocycles. The zero-order valence-electron chi connectivity index (χ0n) is 12.1. The number of aliphatic carboxylic acids is 1. The molecule has 0 aromatic carbocycles. The summed E-state index contributed by atoms with van der Waals surface area (Å²) < 4.78 is 1.54. The number of carbonyl (C=O) groups is 1. The maximum absolute atomic E-state index is 12.1. The third-order valence-electron chi connectivity index (χ3n) is 4.33. The van der Waals surface area contributed by atoms with Crippen LogP contribution in [-0.4, -0.2) is 33.9 Å². The molecule has 1 unspecified atom stereocenters. The first kappa shape index (κ1) is 14.1. The minimum atomic E-state index is -0.750. The van der Waals surface area contributed by atoms with E-state index < -0.39 is 5.97 Å². The molecule has 114 valence electrons. The van der Waals surface area contributed by atoms with E-state index in [1.807, 2.05) is 0 Å². The number of piperidine rings is 1. The predicted molar refractivity (Wildman–Crippen MR) is 78.4 cm³/mol. The molecular formula is C15H21N3O3. The number of aromatic nitrogens is 2. The Labute approximate surface area is 123 Å². The molecule has 1 aliphatic carbocycles. The molecule has 21 heavy (non-hydrogen) atoms. The van der Waals surface area contributed by atoms with Gasteiger partial charge in [0.1, 0.15) is 0 Å². The molecule has 1 saturated carbocycles. The molecule has 1 aliphatic heterocycles. The van der Waals surface area contributed by atoms with Gasteiger partial charge in [0, 0.05) is 32.1 Å². The Morgan fingerprint density at radius 3 is 2.81 bits per heavy atom. The van der Waals surface area contributed by atoms with Crippen LogP contribution in [0.5, 0.6) is 0 Å². The maximum atomic E-state index is 12.1. The summed E-state index contributed by atoms with van der Waals surface area (Å²) in [6, 6.07) is 1.64. The van der Waals surface area contributed by atoms with Crippen molar-refractivity contribution in [2.75, 3.05) is 18.0 Å². The molecule has 1 aromatic rings. The summed E-state index contributed by atoms with van der Waals surface area (Å²) in [7, 11) is 0. The van der Waals surface area contributed by atoms with Crippen molar-refractivity contribution in [2.45, 2.75) is 38.6 Å². The second-order valence-electron chi connectivity index (χ2n) is 6.23. The quantitative estimate of drug-likeness (QED) is 0.886. The number of carboxylic acid groups (broad SMARTS) is 1. The zero-order valence-corrected chi connectivity index (χ0v) is 12.1. The van der Waals surface area contributed by atoms with E-state index in [1.165, 1.54) is 12.8 Å². The van der Waals surface area contributed by atoms with Crippen molar-refractivity contribution in [3.63, 3.8) is 0 Å². The molecule has 3 rings (SSSR count). The van der Waals surface area contributed by atoms with E-state index in [2.05, 4.69) is 10.00 Å². The van der Waals surface area contributed by atoms with Crippen LogP contribution in [0.1, 0.15) is 32.1 Å². The fourth-order valence-electron chi connectivity index (χ4n) is 2.99. The summed E-state index contributed by atoms with van der Waals surface area (Å²) >= 11 is 0. The highest BCUT2D eigenvalue weighted by Gasteiger charge is 2.24. The first-order valence-electron chi connectivity index (χ1n) is 7.66. The summed E-state index contributed by atoms with van der Waals surface area (Å²) in [5.74, 6) is 0.0287. The lowest BCUT2D eigenvalue weighted by Crippen LogP contribution is -2.37. The number of nitrogens with zero attached hydrogens (tertiary/aromatic N) is 3. The SMILES string of the molecule is O=C(O)CC1CCCN(c2cnn(CC3CC3)c(=O)c2)C1. The zero-order chi connectivity index (χ0) is 14.8. The largest absolute Gasteiger partial charge is 0.481 e. The van der Waals surface area contributed by atoms with Crippen LogP contribution in [0.4, 0.5) is 5.69 Å². The number of rotatable bonds is 5. The number of anilines is 1. The van der Waals surface area contributed by atoms with Crippen LogP contribution >= 0.6 is 0 Å². The smallest absolute Gasteiger partial charge is 0.303 e. The van der Waals surface area contributed by atoms with Gasteiger partial charge in [0.25, 0.3) is 5.56 Å². The van der Waals surface area contributed by atoms with Crippen LogP contribution in [0, 0.1) is 11.8 Å². The topological polar surface area (TPSA) is 75.4 Å². The molecule has 2 fully saturated rings. The molecule has 1 aromatic heterocycles. The van der Waals surface area contributed by atoms with E-state index in [0.717, 1.165) is 31.6 Å². The lowest BCUT2D eigenvalue weighted by atomic mass is 9.94. The Bertz CT molecular complexity index is 580. The molecule has 0 spiro atoms. The molecule has 6 heteroatoms. The van der Waals surface area contributed by atoms with Crippen LogP contribution in [0.25, 0.3) is 0 Å². The monoisotopic (exact) mass is 291 g/mol. The first-order chi connectivity index (χ1) is 10.1. The number of hydrogen-bond donors (Lipinski definition) is 1. The van der Waals surface area contributed by atoms with Gasteiger partial charge in [-0.15, -0.1) is 0 Å². The molecule has 1 atom stereocenters. The Hall–Kier alpha value is -1.85. The van der Waals surface area contributed by atoms with E-state index in [9.17, 15) is 9.59 Å². The molecular weight excluding hydrogens is 270 g/mol. The maximum Gasteiger partial charge on any atom is 0.303 e. The summed E-state index contributed by atoms with van der Waals surface area (Å²) in [5.41, 5.74) is 0.766. The molecule has 6 nitrogen and oxygen atoms in total. The number of carboxylic acids is 1. The highest BCUT2D eigenvalue weighted by atomic mass is 16.4. The molecule has 0 amide bonds. The molecule has 0 radical (unpaired) electrons. The fourth-order valence-corrected chi connectivity index (χ4v) is 2.99. The van der Waals surface area contributed by atoms with Gasteiger partial charge < -0.3 is 10.0 Å². The van der Waals surface area contributed by atoms with Crippen LogP contribution in [0.3, 0.4) is 0 Å². The van der Waals surface area contributed by atoms with E-state index in [1.54, 1.807) is 16.9 Å². The van der Waals surface area contributed by atoms with E-state index in [0.29, 0.717) is 12.5 Å². The van der Waals surface area contributed by atoms with Crippen molar-refractivity contribution in [3.8, 4) is 0 Å². The highest BCUT2D eigenvalue weighted by Crippen LogP contribution is 2.30. The summed E-state index contributed by atoms with van der Waals surface area (Å²) in [6.07, 6.45) is 6.23. The van der Waals surface area contributed by atoms with Crippen molar-refractivity contribution in [1.29, 1.82) is 0 Å². The van der Waals surface area contributed by atoms with Crippen LogP contribution in [-0.2, 0) is 11.3 Å². The summed E-state index contributed by atoms with van der Waals surface area (Å²) in [5, 5.41) is 13.2. The van der Waals surface area contributed by atoms with Crippen molar-refractivity contribution in [1.82, 2.24) is 9.78 Å². The van der Waals surface area contributed by atoms with Gasteiger partial charge in [-0.3, -0.25) is 9.59 Å². The third-order valence-corrected chi connectivity index (χ3v) is 4.33. The molecule has 2 heterocycles. The van der Waals surface area contributed by atoms with Crippen LogP contribution in [0.2, 0.25) is 0 Å². The predicted octanol–water partition coefficient (Wildman–Crippen LogP) is 1.34. The Morgan fingerprint density at radius 2 is 2.14 bits per heavy atom. The van der Waals surface area contributed by atoms with Gasteiger partial charge in [-0.1, -0.05) is 0 Å². The fraction of sp³-hybridized carbons (Fsp3) is 0.667. The van der Waals surface area contributed by atoms with Crippen molar-refractivity contribution < 1.29 is 9.90 Å². The van der Waals surface area contributed by atoms with E-state index in [4.69, 9.17) is 5.11 Å². The van der Waals surface area contributed by atoms with Gasteiger partial charge in [0.15, 0.2) is 0 Å². The van der Waals surface area contributed by atoms with E-state index in [-0.39, 0.29) is 17.9 Å². The normalized spacial score (nSPS) is 22.3. The summed E-state index contributed by atoms with van der Waals surface area (Å²) in [4.78, 5) is 25.0. The van der Waals surface area contributed by atoms with Crippen molar-refractivity contribution in [2.24, 2.45) is 11.8 Å². The Balaban J connectivity index is 1.69. The average molecular weight is 291 g/mol. The Morgan fingerprint density at radius 1 is 1.33 bits per heavy atom. The Kier molecular flexibility index (Phi) is 3.94. The number of hydrogen-bond acceptors (Lipinski definition) is 4. The van der Waals surface area contributed by atoms with Crippen molar-refractivity contribution in [3.05, 3.63) is 22.6 Å². The van der Waals surface area contributed by atoms with Crippen LogP contribution < -0.4 is 10.5 Å². The van der Waals surface area contributed by atoms with Gasteiger partial charge in [-0.2, -0.15) is 5.10 Å². The van der Waals surface area contributed by atoms with Crippen molar-refractivity contribution >= 4 is 11.7 Å². The summed E-state index contributed by atoms with van der Waals surface area (Å²) in [6.45, 7) is 2.28. The lowest BCUT2D eigenvalue weighted by Gasteiger charge is -2.33. The highest BCUT2D eigenvalue weighted by molar-refractivity contribution is 5.67.